The minimum atomic E-state index is -1.42. The second kappa shape index (κ2) is 27.7. The average Bonchev–Trinajstić information content (AvgIpc) is 3.46. The van der Waals surface area contributed by atoms with E-state index in [9.17, 15) is 10.6 Å². The molecule has 1 N–H and O–H groups in total. The van der Waals surface area contributed by atoms with Gasteiger partial charge in [-0.3, -0.25) is 0 Å². The zero-order valence-electron chi connectivity index (χ0n) is 41.2. The summed E-state index contributed by atoms with van der Waals surface area (Å²) in [7, 11) is 0. The molecule has 7 aromatic rings. The maximum Gasteiger partial charge on any atom is 0.169 e. The van der Waals surface area contributed by atoms with Crippen molar-refractivity contribution in [1.29, 1.82) is 0 Å². The predicted molar refractivity (Wildman–Crippen MR) is 279 cm³/mol. The number of aliphatic hydroxyl groups is 1. The van der Waals surface area contributed by atoms with Crippen LogP contribution >= 0.6 is 0 Å². The Morgan fingerprint density at radius 3 is 1.04 bits per heavy atom. The van der Waals surface area contributed by atoms with Gasteiger partial charge in [0.05, 0.1) is 52.9 Å². The fourth-order valence-corrected chi connectivity index (χ4v) is 9.39. The number of hydrogen-bond acceptors (Lipinski definition) is 11. The highest BCUT2D eigenvalue weighted by Crippen LogP contribution is 2.38. The molecule has 0 amide bonds. The Kier molecular flexibility index (Phi) is 19.6. The van der Waals surface area contributed by atoms with Crippen molar-refractivity contribution in [2.45, 2.75) is 114 Å². The highest BCUT2D eigenvalue weighted by molar-refractivity contribution is 5.20. The first-order chi connectivity index (χ1) is 36.6. The maximum atomic E-state index is 13.1. The van der Waals surface area contributed by atoms with Gasteiger partial charge in [-0.2, -0.15) is 0 Å². The minimum Gasteiger partial charge on any atom is -0.387 e. The monoisotopic (exact) mass is 997 g/mol. The number of benzene rings is 7. The molecular formula is C61H63N3O10. The number of ether oxygens (including phenoxy) is 9. The van der Waals surface area contributed by atoms with Crippen LogP contribution in [0.15, 0.2) is 217 Å². The van der Waals surface area contributed by atoms with E-state index in [0.29, 0.717) is 0 Å². The summed E-state index contributed by atoms with van der Waals surface area (Å²) in [5.41, 5.74) is 16.8. The molecule has 9 rings (SSSR count). The van der Waals surface area contributed by atoms with Crippen molar-refractivity contribution in [3.63, 3.8) is 0 Å². The van der Waals surface area contributed by atoms with Crippen molar-refractivity contribution in [3.05, 3.63) is 262 Å². The first-order valence-corrected chi connectivity index (χ1v) is 25.2. The molecule has 2 aliphatic rings. The second-order valence-corrected chi connectivity index (χ2v) is 18.4. The summed E-state index contributed by atoms with van der Waals surface area (Å²) < 4.78 is 62.0. The molecule has 0 unspecified atom stereocenters. The molecule has 2 fully saturated rings. The molecule has 382 valence electrons. The van der Waals surface area contributed by atoms with Gasteiger partial charge in [0.2, 0.25) is 0 Å². The van der Waals surface area contributed by atoms with E-state index in [4.69, 9.17) is 42.6 Å². The number of azide groups is 1. The predicted octanol–water partition coefficient (Wildman–Crippen LogP) is 10.9. The van der Waals surface area contributed by atoms with E-state index in [1.165, 1.54) is 0 Å². The molecule has 1 heterocycles. The Morgan fingerprint density at radius 1 is 0.378 bits per heavy atom. The lowest BCUT2D eigenvalue weighted by Crippen LogP contribution is -2.69. The summed E-state index contributed by atoms with van der Waals surface area (Å²) in [5.74, 6) is 0. The molecule has 0 radical (unpaired) electrons. The van der Waals surface area contributed by atoms with E-state index in [2.05, 4.69) is 10.0 Å². The third kappa shape index (κ3) is 14.6. The average molecular weight is 998 g/mol. The summed E-state index contributed by atoms with van der Waals surface area (Å²) in [6, 6.07) is 67.4. The summed E-state index contributed by atoms with van der Waals surface area (Å²) >= 11 is 0. The first kappa shape index (κ1) is 52.3. The Morgan fingerprint density at radius 2 is 0.676 bits per heavy atom. The number of rotatable bonds is 25. The summed E-state index contributed by atoms with van der Waals surface area (Å²) in [5, 5.41) is 17.5. The van der Waals surface area contributed by atoms with Crippen molar-refractivity contribution in [2.24, 2.45) is 5.11 Å². The van der Waals surface area contributed by atoms with Gasteiger partial charge in [0.1, 0.15) is 61.0 Å². The molecule has 0 bridgehead atoms. The minimum absolute atomic E-state index is 0.0462. The van der Waals surface area contributed by atoms with Crippen LogP contribution in [0.1, 0.15) is 38.9 Å². The van der Waals surface area contributed by atoms with E-state index >= 15 is 0 Å². The Balaban J connectivity index is 1.11. The van der Waals surface area contributed by atoms with Gasteiger partial charge in [-0.15, -0.1) is 0 Å². The lowest BCUT2D eigenvalue weighted by Gasteiger charge is -2.51. The van der Waals surface area contributed by atoms with Crippen molar-refractivity contribution < 1.29 is 47.7 Å². The van der Waals surface area contributed by atoms with Crippen LogP contribution < -0.4 is 0 Å². The quantitative estimate of drug-likeness (QED) is 0.0333. The van der Waals surface area contributed by atoms with Gasteiger partial charge in [0.25, 0.3) is 0 Å². The molecule has 1 aliphatic heterocycles. The molecule has 13 nitrogen and oxygen atoms in total. The van der Waals surface area contributed by atoms with Gasteiger partial charge in [-0.05, 0) is 44.5 Å². The highest BCUT2D eigenvalue weighted by atomic mass is 16.7. The molecule has 0 aromatic heterocycles. The Labute approximate surface area is 433 Å². The lowest BCUT2D eigenvalue weighted by molar-refractivity contribution is -0.338. The standard InChI is InChI=1S/C61H63N3O10/c62-64-63-52-55(68-38-46-26-12-3-13-27-46)54(67-37-45-24-10-2-11-25-45)51(43-66-36-44-22-8-1-9-23-44)73-61(52)74-57-53(65)56(69-39-47-28-14-4-15-29-47)58(70-40-48-30-16-5-17-31-48)60(72-42-50-34-20-7-21-35-50)59(57)71-41-49-32-18-6-19-33-49/h1-35,51-61,65H,36-43H2/t51-,52-,53+,54-,55-,56-,57-,58+,59+,60+,61+/m1/s1. The van der Waals surface area contributed by atoms with Crippen molar-refractivity contribution in [1.82, 2.24) is 0 Å². The molecule has 7 aromatic carbocycles. The zero-order valence-corrected chi connectivity index (χ0v) is 41.2. The van der Waals surface area contributed by atoms with Crippen molar-refractivity contribution in [2.75, 3.05) is 6.61 Å². The molecule has 11 atom stereocenters. The molecule has 13 heteroatoms. The van der Waals surface area contributed by atoms with E-state index in [-0.39, 0.29) is 52.9 Å². The molecule has 1 saturated carbocycles. The van der Waals surface area contributed by atoms with E-state index in [1.54, 1.807) is 0 Å². The molecule has 74 heavy (non-hydrogen) atoms. The van der Waals surface area contributed by atoms with Gasteiger partial charge in [0, 0.05) is 4.91 Å². The third-order valence-corrected chi connectivity index (χ3v) is 13.2. The second-order valence-electron chi connectivity index (χ2n) is 18.4. The van der Waals surface area contributed by atoms with Gasteiger partial charge in [-0.1, -0.05) is 217 Å². The first-order valence-electron chi connectivity index (χ1n) is 25.2. The van der Waals surface area contributed by atoms with Crippen LogP contribution in [0.5, 0.6) is 0 Å². The fourth-order valence-electron chi connectivity index (χ4n) is 9.39. The van der Waals surface area contributed by atoms with E-state index in [1.807, 2.05) is 212 Å². The fraction of sp³-hybridized carbons (Fsp3) is 0.311. The Bertz CT molecular complexity index is 2710. The van der Waals surface area contributed by atoms with Gasteiger partial charge in [0.15, 0.2) is 6.29 Å². The van der Waals surface area contributed by atoms with Crippen LogP contribution in [0.4, 0.5) is 0 Å². The highest BCUT2D eigenvalue weighted by Gasteiger charge is 2.57. The van der Waals surface area contributed by atoms with E-state index < -0.39 is 67.3 Å². The largest absolute Gasteiger partial charge is 0.387 e. The lowest BCUT2D eigenvalue weighted by atomic mass is 9.83. The van der Waals surface area contributed by atoms with Gasteiger partial charge < -0.3 is 47.7 Å². The van der Waals surface area contributed by atoms with Crippen LogP contribution in [0, 0.1) is 0 Å². The van der Waals surface area contributed by atoms with E-state index in [0.717, 1.165) is 38.9 Å². The summed E-state index contributed by atoms with van der Waals surface area (Å²) in [6.45, 7) is 1.31. The van der Waals surface area contributed by atoms with Crippen LogP contribution in [0.2, 0.25) is 0 Å². The van der Waals surface area contributed by atoms with Crippen LogP contribution in [-0.2, 0) is 88.9 Å². The smallest absolute Gasteiger partial charge is 0.169 e. The topological polar surface area (TPSA) is 152 Å². The summed E-state index contributed by atoms with van der Waals surface area (Å²) in [4.78, 5) is 3.36. The molecular weight excluding hydrogens is 935 g/mol. The third-order valence-electron chi connectivity index (χ3n) is 13.2. The van der Waals surface area contributed by atoms with Crippen molar-refractivity contribution >= 4 is 0 Å². The summed E-state index contributed by atoms with van der Waals surface area (Å²) in [6.07, 6.45) is -10.5. The van der Waals surface area contributed by atoms with Crippen LogP contribution in [0.3, 0.4) is 0 Å². The Hall–Kier alpha value is -6.55. The van der Waals surface area contributed by atoms with Crippen LogP contribution in [0.25, 0.3) is 10.4 Å². The normalized spacial score (nSPS) is 24.7. The zero-order chi connectivity index (χ0) is 50.6. The molecule has 0 spiro atoms. The maximum absolute atomic E-state index is 13.1. The number of aliphatic hydroxyl groups excluding tert-OH is 1. The van der Waals surface area contributed by atoms with Gasteiger partial charge >= 0.3 is 0 Å². The SMILES string of the molecule is [N-]=[N+]=N[C@H]1[C@H](O[C@@H]2[C@@H](O)[C@@H](OCc3ccccc3)[C@H](OCc3ccccc3)[C@H](OCc3ccccc3)[C@H]2OCc2ccccc2)O[C@H](COCc2ccccc2)[C@@H](OCc2ccccc2)[C@@H]1OCc1ccccc1. The van der Waals surface area contributed by atoms with Crippen molar-refractivity contribution in [3.8, 4) is 0 Å². The van der Waals surface area contributed by atoms with Crippen LogP contribution in [-0.4, -0.2) is 79.0 Å². The molecule has 1 aliphatic carbocycles. The number of nitrogens with zero attached hydrogens (tertiary/aromatic N) is 3. The number of hydrogen-bond donors (Lipinski definition) is 1. The van der Waals surface area contributed by atoms with Gasteiger partial charge in [-0.25, -0.2) is 0 Å². The molecule has 1 saturated heterocycles.